The van der Waals surface area contributed by atoms with E-state index in [1.165, 1.54) is 6.42 Å². The van der Waals surface area contributed by atoms with Gasteiger partial charge in [0, 0.05) is 31.3 Å². The average Bonchev–Trinajstić information content (AvgIpc) is 3.02. The van der Waals surface area contributed by atoms with Crippen molar-refractivity contribution >= 4 is 5.91 Å². The second-order valence-corrected chi connectivity index (χ2v) is 6.32. The highest BCUT2D eigenvalue weighted by atomic mass is 16.5. The fourth-order valence-corrected chi connectivity index (χ4v) is 3.52. The van der Waals surface area contributed by atoms with E-state index in [4.69, 9.17) is 9.47 Å². The molecule has 1 aromatic rings. The van der Waals surface area contributed by atoms with Gasteiger partial charge in [-0.15, -0.1) is 0 Å². The molecule has 5 nitrogen and oxygen atoms in total. The molecule has 2 heterocycles. The summed E-state index contributed by atoms with van der Waals surface area (Å²) in [7, 11) is 3.20. The highest BCUT2D eigenvalue weighted by Crippen LogP contribution is 2.37. The zero-order valence-corrected chi connectivity index (χ0v) is 13.4. The van der Waals surface area contributed by atoms with Gasteiger partial charge < -0.3 is 19.7 Å². The minimum absolute atomic E-state index is 0.0676. The summed E-state index contributed by atoms with van der Waals surface area (Å²) in [5.74, 6) is 1.37. The number of nitrogens with zero attached hydrogens (tertiary/aromatic N) is 1. The van der Waals surface area contributed by atoms with Crippen LogP contribution in [0.3, 0.4) is 0 Å². The largest absolute Gasteiger partial charge is 0.497 e. The van der Waals surface area contributed by atoms with Gasteiger partial charge in [-0.05, 0) is 43.4 Å². The normalized spacial score (nSPS) is 20.2. The third kappa shape index (κ3) is 2.90. The third-order valence-corrected chi connectivity index (χ3v) is 5.04. The lowest BCUT2D eigenvalue weighted by atomic mass is 9.78. The molecule has 5 heteroatoms. The minimum atomic E-state index is 0.0676. The first kappa shape index (κ1) is 15.2. The molecule has 1 aromatic carbocycles. The molecule has 0 radical (unpaired) electrons. The molecular weight excluding hydrogens is 280 g/mol. The van der Waals surface area contributed by atoms with Crippen LogP contribution in [-0.4, -0.2) is 51.2 Å². The summed E-state index contributed by atoms with van der Waals surface area (Å²) < 4.78 is 10.5. The van der Waals surface area contributed by atoms with Crippen LogP contribution in [0, 0.1) is 5.41 Å². The molecule has 0 atom stereocenters. The van der Waals surface area contributed by atoms with Crippen LogP contribution in [0.15, 0.2) is 18.2 Å². The van der Waals surface area contributed by atoms with Gasteiger partial charge in [-0.2, -0.15) is 0 Å². The second kappa shape index (κ2) is 6.16. The first-order valence-corrected chi connectivity index (χ1v) is 7.89. The average molecular weight is 304 g/mol. The number of nitrogens with one attached hydrogen (secondary N) is 1. The summed E-state index contributed by atoms with van der Waals surface area (Å²) in [6.45, 7) is 3.88. The number of piperidine rings is 1. The van der Waals surface area contributed by atoms with E-state index in [1.54, 1.807) is 32.4 Å². The molecular formula is C17H24N2O3. The van der Waals surface area contributed by atoms with Crippen molar-refractivity contribution in [1.29, 1.82) is 0 Å². The maximum Gasteiger partial charge on any atom is 0.254 e. The van der Waals surface area contributed by atoms with Crippen molar-refractivity contribution in [2.75, 3.05) is 40.4 Å². The van der Waals surface area contributed by atoms with Gasteiger partial charge in [0.2, 0.25) is 0 Å². The molecule has 22 heavy (non-hydrogen) atoms. The molecule has 3 rings (SSSR count). The number of likely N-dealkylation sites (tertiary alicyclic amines) is 1. The number of rotatable bonds is 3. The van der Waals surface area contributed by atoms with Gasteiger partial charge in [0.15, 0.2) is 0 Å². The van der Waals surface area contributed by atoms with Crippen LogP contribution in [0.4, 0.5) is 0 Å². The minimum Gasteiger partial charge on any atom is -0.497 e. The molecule has 0 bridgehead atoms. The molecule has 1 spiro atoms. The van der Waals surface area contributed by atoms with Crippen molar-refractivity contribution in [2.24, 2.45) is 5.41 Å². The number of hydrogen-bond donors (Lipinski definition) is 1. The topological polar surface area (TPSA) is 50.8 Å². The number of methoxy groups -OCH3 is 2. The Morgan fingerprint density at radius 2 is 1.73 bits per heavy atom. The Morgan fingerprint density at radius 3 is 2.23 bits per heavy atom. The Balaban J connectivity index is 1.72. The highest BCUT2D eigenvalue weighted by molar-refractivity contribution is 5.95. The van der Waals surface area contributed by atoms with Gasteiger partial charge in [-0.1, -0.05) is 0 Å². The summed E-state index contributed by atoms with van der Waals surface area (Å²) in [6, 6.07) is 5.35. The SMILES string of the molecule is COc1cc(OC)cc(C(=O)N2CCC3(CCNC3)CC2)c1. The van der Waals surface area contributed by atoms with E-state index < -0.39 is 0 Å². The predicted molar refractivity (Wildman–Crippen MR) is 84.6 cm³/mol. The number of carbonyl (C=O) groups is 1. The first-order valence-electron chi connectivity index (χ1n) is 7.89. The summed E-state index contributed by atoms with van der Waals surface area (Å²) in [6.07, 6.45) is 3.42. The molecule has 2 saturated heterocycles. The molecule has 1 amide bonds. The molecule has 0 aliphatic carbocycles. The molecule has 0 aromatic heterocycles. The van der Waals surface area contributed by atoms with Crippen molar-refractivity contribution in [3.05, 3.63) is 23.8 Å². The number of amides is 1. The number of hydrogen-bond acceptors (Lipinski definition) is 4. The maximum absolute atomic E-state index is 12.7. The summed E-state index contributed by atoms with van der Waals surface area (Å²) in [4.78, 5) is 14.7. The molecule has 0 unspecified atom stereocenters. The molecule has 2 fully saturated rings. The Kier molecular flexibility index (Phi) is 4.25. The van der Waals surface area contributed by atoms with E-state index in [0.29, 0.717) is 22.5 Å². The molecule has 1 N–H and O–H groups in total. The van der Waals surface area contributed by atoms with Gasteiger partial charge >= 0.3 is 0 Å². The van der Waals surface area contributed by atoms with E-state index in [9.17, 15) is 4.79 Å². The molecule has 120 valence electrons. The van der Waals surface area contributed by atoms with Crippen LogP contribution in [0.25, 0.3) is 0 Å². The number of ether oxygens (including phenoxy) is 2. The van der Waals surface area contributed by atoms with Gasteiger partial charge in [0.1, 0.15) is 11.5 Å². The fraction of sp³-hybridized carbons (Fsp3) is 0.588. The van der Waals surface area contributed by atoms with Gasteiger partial charge in [-0.3, -0.25) is 4.79 Å². The van der Waals surface area contributed by atoms with E-state index in [-0.39, 0.29) is 5.91 Å². The van der Waals surface area contributed by atoms with E-state index in [0.717, 1.165) is 39.0 Å². The van der Waals surface area contributed by atoms with E-state index in [1.807, 2.05) is 4.90 Å². The standard InChI is InChI=1S/C17H24N2O3/c1-21-14-9-13(10-15(11-14)22-2)16(20)19-7-4-17(5-8-19)3-6-18-12-17/h9-11,18H,3-8,12H2,1-2H3. The smallest absolute Gasteiger partial charge is 0.254 e. The van der Waals surface area contributed by atoms with Crippen LogP contribution >= 0.6 is 0 Å². The monoisotopic (exact) mass is 304 g/mol. The summed E-state index contributed by atoms with van der Waals surface area (Å²) >= 11 is 0. The Hall–Kier alpha value is -1.75. The second-order valence-electron chi connectivity index (χ2n) is 6.32. The summed E-state index contributed by atoms with van der Waals surface area (Å²) in [5, 5.41) is 3.45. The van der Waals surface area contributed by atoms with Crippen molar-refractivity contribution in [3.63, 3.8) is 0 Å². The van der Waals surface area contributed by atoms with Crippen molar-refractivity contribution in [1.82, 2.24) is 10.2 Å². The first-order chi connectivity index (χ1) is 10.7. The number of carbonyl (C=O) groups excluding carboxylic acids is 1. The van der Waals surface area contributed by atoms with E-state index in [2.05, 4.69) is 5.32 Å². The fourth-order valence-electron chi connectivity index (χ4n) is 3.52. The van der Waals surface area contributed by atoms with Crippen molar-refractivity contribution in [3.8, 4) is 11.5 Å². The molecule has 2 aliphatic rings. The van der Waals surface area contributed by atoms with Gasteiger partial charge in [0.05, 0.1) is 14.2 Å². The summed E-state index contributed by atoms with van der Waals surface area (Å²) in [5.41, 5.74) is 1.06. The highest BCUT2D eigenvalue weighted by Gasteiger charge is 2.38. The van der Waals surface area contributed by atoms with Crippen LogP contribution in [0.1, 0.15) is 29.6 Å². The lowest BCUT2D eigenvalue weighted by molar-refractivity contribution is 0.0607. The molecule has 2 aliphatic heterocycles. The van der Waals surface area contributed by atoms with Crippen molar-refractivity contribution < 1.29 is 14.3 Å². The maximum atomic E-state index is 12.7. The van der Waals surface area contributed by atoms with Crippen LogP contribution in [0.2, 0.25) is 0 Å². The van der Waals surface area contributed by atoms with E-state index >= 15 is 0 Å². The quantitative estimate of drug-likeness (QED) is 0.927. The van der Waals surface area contributed by atoms with Crippen LogP contribution < -0.4 is 14.8 Å². The van der Waals surface area contributed by atoms with Crippen LogP contribution in [-0.2, 0) is 0 Å². The zero-order chi connectivity index (χ0) is 15.6. The Labute approximate surface area is 131 Å². The molecule has 0 saturated carbocycles. The lowest BCUT2D eigenvalue weighted by Crippen LogP contribution is -2.44. The van der Waals surface area contributed by atoms with Crippen molar-refractivity contribution in [2.45, 2.75) is 19.3 Å². The Bertz CT molecular complexity index is 521. The zero-order valence-electron chi connectivity index (χ0n) is 13.4. The number of benzene rings is 1. The van der Waals surface area contributed by atoms with Gasteiger partial charge in [-0.25, -0.2) is 0 Å². The van der Waals surface area contributed by atoms with Crippen LogP contribution in [0.5, 0.6) is 11.5 Å². The lowest BCUT2D eigenvalue weighted by Gasteiger charge is -2.39. The third-order valence-electron chi connectivity index (χ3n) is 5.04. The van der Waals surface area contributed by atoms with Gasteiger partial charge in [0.25, 0.3) is 5.91 Å². The predicted octanol–water partition coefficient (Wildman–Crippen LogP) is 1.92. The Morgan fingerprint density at radius 1 is 1.09 bits per heavy atom.